The van der Waals surface area contributed by atoms with E-state index in [1.54, 1.807) is 17.8 Å². The van der Waals surface area contributed by atoms with Gasteiger partial charge in [0.15, 0.2) is 5.78 Å². The molecule has 0 aromatic heterocycles. The third kappa shape index (κ3) is 3.17. The Morgan fingerprint density at radius 3 is 2.76 bits per heavy atom. The van der Waals surface area contributed by atoms with Crippen molar-refractivity contribution >= 4 is 23.2 Å². The molecule has 0 atom stereocenters. The molecule has 0 bridgehead atoms. The zero-order chi connectivity index (χ0) is 17.6. The van der Waals surface area contributed by atoms with Crippen LogP contribution in [0.15, 0.2) is 46.1 Å². The van der Waals surface area contributed by atoms with Gasteiger partial charge in [-0.3, -0.25) is 4.79 Å². The molecule has 0 radical (unpaired) electrons. The summed E-state index contributed by atoms with van der Waals surface area (Å²) < 4.78 is 41.7. The van der Waals surface area contributed by atoms with Crippen LogP contribution in [-0.2, 0) is 4.79 Å². The highest BCUT2D eigenvalue weighted by Gasteiger charge is 2.37. The molecule has 1 aromatic carbocycles. The quantitative estimate of drug-likeness (QED) is 0.723. The van der Waals surface area contributed by atoms with Crippen LogP contribution in [-0.4, -0.2) is 17.9 Å². The summed E-state index contributed by atoms with van der Waals surface area (Å²) in [6.07, 6.45) is -0.638. The molecule has 25 heavy (non-hydrogen) atoms. The Kier molecular flexibility index (Phi) is 4.06. The number of rotatable bonds is 2. The molecule has 1 aromatic rings. The average molecular weight is 367 g/mol. The molecule has 4 rings (SSSR count). The molecule has 0 spiro atoms. The minimum Gasteiger partial charge on any atom is -0.406 e. The van der Waals surface area contributed by atoms with E-state index in [1.807, 2.05) is 4.90 Å². The van der Waals surface area contributed by atoms with Gasteiger partial charge in [0.25, 0.3) is 0 Å². The molecule has 3 aliphatic rings. The van der Waals surface area contributed by atoms with Crippen LogP contribution in [0, 0.1) is 0 Å². The van der Waals surface area contributed by atoms with E-state index in [0.29, 0.717) is 17.8 Å². The second kappa shape index (κ2) is 6.12. The first-order valence-corrected chi connectivity index (χ1v) is 9.17. The SMILES string of the molecule is O=C1CCC2=C1N(c1cccc(OC(F)(F)F)c1)C1=C(CCCS1)C2. The summed E-state index contributed by atoms with van der Waals surface area (Å²) in [4.78, 5) is 14.3. The van der Waals surface area contributed by atoms with Crippen LogP contribution in [0.4, 0.5) is 18.9 Å². The number of carbonyl (C=O) groups excluding carboxylic acids is 1. The molecule has 7 heteroatoms. The topological polar surface area (TPSA) is 29.5 Å². The Morgan fingerprint density at radius 1 is 1.12 bits per heavy atom. The van der Waals surface area contributed by atoms with Gasteiger partial charge in [0.05, 0.1) is 16.4 Å². The van der Waals surface area contributed by atoms with Crippen LogP contribution in [0.2, 0.25) is 0 Å². The number of thioether (sulfide) groups is 1. The number of benzene rings is 1. The fraction of sp³-hybridized carbons (Fsp3) is 0.389. The van der Waals surface area contributed by atoms with Crippen LogP contribution < -0.4 is 9.64 Å². The zero-order valence-electron chi connectivity index (χ0n) is 13.4. The summed E-state index contributed by atoms with van der Waals surface area (Å²) in [5, 5.41) is 1.00. The van der Waals surface area contributed by atoms with Crippen molar-refractivity contribution in [1.82, 2.24) is 0 Å². The first kappa shape index (κ1) is 16.6. The molecule has 0 saturated heterocycles. The average Bonchev–Trinajstić information content (AvgIpc) is 2.92. The Balaban J connectivity index is 1.78. The lowest BCUT2D eigenvalue weighted by Crippen LogP contribution is -2.30. The second-order valence-electron chi connectivity index (χ2n) is 6.29. The number of hydrogen-bond donors (Lipinski definition) is 0. The van der Waals surface area contributed by atoms with Gasteiger partial charge in [0, 0.05) is 12.5 Å². The maximum atomic E-state index is 12.5. The van der Waals surface area contributed by atoms with Gasteiger partial charge < -0.3 is 9.64 Å². The molecule has 2 heterocycles. The molecule has 0 N–H and O–H groups in total. The standard InChI is InChI=1S/C18H16F3NO2S/c19-18(20,21)24-14-5-1-4-13(10-14)22-16-11(6-7-15(16)23)9-12-3-2-8-25-17(12)22/h1,4-5,10H,2-3,6-9H2. The normalized spacial score (nSPS) is 20.8. The minimum absolute atomic E-state index is 0.0647. The largest absolute Gasteiger partial charge is 0.573 e. The highest BCUT2D eigenvalue weighted by atomic mass is 32.2. The van der Waals surface area contributed by atoms with E-state index in [-0.39, 0.29) is 11.5 Å². The van der Waals surface area contributed by atoms with Crippen LogP contribution in [0.5, 0.6) is 5.75 Å². The van der Waals surface area contributed by atoms with Crippen molar-refractivity contribution in [3.8, 4) is 5.75 Å². The Morgan fingerprint density at radius 2 is 1.96 bits per heavy atom. The Labute approximate surface area is 147 Å². The number of nitrogens with zero attached hydrogens (tertiary/aromatic N) is 1. The van der Waals surface area contributed by atoms with Gasteiger partial charge in [-0.25, -0.2) is 0 Å². The number of allylic oxidation sites excluding steroid dienone is 3. The minimum atomic E-state index is -4.74. The summed E-state index contributed by atoms with van der Waals surface area (Å²) >= 11 is 1.68. The number of alkyl halides is 3. The fourth-order valence-electron chi connectivity index (χ4n) is 3.63. The van der Waals surface area contributed by atoms with Crippen molar-refractivity contribution in [3.63, 3.8) is 0 Å². The lowest BCUT2D eigenvalue weighted by Gasteiger charge is -2.36. The van der Waals surface area contributed by atoms with E-state index in [9.17, 15) is 18.0 Å². The first-order chi connectivity index (χ1) is 11.9. The summed E-state index contributed by atoms with van der Waals surface area (Å²) in [6, 6.07) is 5.88. The van der Waals surface area contributed by atoms with Crippen LogP contribution in [0.25, 0.3) is 0 Å². The van der Waals surface area contributed by atoms with Gasteiger partial charge in [-0.1, -0.05) is 6.07 Å². The van der Waals surface area contributed by atoms with Gasteiger partial charge >= 0.3 is 6.36 Å². The lowest BCUT2D eigenvalue weighted by molar-refractivity contribution is -0.274. The molecule has 1 aliphatic carbocycles. The lowest BCUT2D eigenvalue weighted by atomic mass is 9.97. The summed E-state index contributed by atoms with van der Waals surface area (Å²) in [7, 11) is 0. The van der Waals surface area contributed by atoms with E-state index in [4.69, 9.17) is 0 Å². The smallest absolute Gasteiger partial charge is 0.406 e. The highest BCUT2D eigenvalue weighted by Crippen LogP contribution is 2.48. The number of hydrogen-bond acceptors (Lipinski definition) is 4. The van der Waals surface area contributed by atoms with E-state index >= 15 is 0 Å². The predicted molar refractivity (Wildman–Crippen MR) is 90.2 cm³/mol. The van der Waals surface area contributed by atoms with E-state index < -0.39 is 6.36 Å². The number of Topliss-reactive ketones (excluding diaryl/α,β-unsaturated/α-hetero) is 1. The number of anilines is 1. The molecule has 3 nitrogen and oxygen atoms in total. The van der Waals surface area contributed by atoms with Crippen LogP contribution in [0.3, 0.4) is 0 Å². The molecule has 0 fully saturated rings. The summed E-state index contributed by atoms with van der Waals surface area (Å²) in [6.45, 7) is 0. The maximum absolute atomic E-state index is 12.5. The van der Waals surface area contributed by atoms with Crippen molar-refractivity contribution in [1.29, 1.82) is 0 Å². The number of ketones is 1. The highest BCUT2D eigenvalue weighted by molar-refractivity contribution is 8.03. The zero-order valence-corrected chi connectivity index (χ0v) is 14.2. The van der Waals surface area contributed by atoms with Crippen molar-refractivity contribution in [3.05, 3.63) is 46.1 Å². The molecule has 0 amide bonds. The summed E-state index contributed by atoms with van der Waals surface area (Å²) in [5.41, 5.74) is 3.59. The number of halogens is 3. The molecule has 0 saturated carbocycles. The van der Waals surface area contributed by atoms with E-state index in [2.05, 4.69) is 4.74 Å². The third-order valence-electron chi connectivity index (χ3n) is 4.58. The molecule has 0 unspecified atom stereocenters. The van der Waals surface area contributed by atoms with Crippen molar-refractivity contribution in [2.75, 3.05) is 10.7 Å². The van der Waals surface area contributed by atoms with Gasteiger partial charge in [-0.2, -0.15) is 0 Å². The fourth-order valence-corrected chi connectivity index (χ4v) is 4.81. The third-order valence-corrected chi connectivity index (χ3v) is 5.82. The van der Waals surface area contributed by atoms with Gasteiger partial charge in [-0.05, 0) is 54.7 Å². The first-order valence-electron chi connectivity index (χ1n) is 8.18. The van der Waals surface area contributed by atoms with Crippen molar-refractivity contribution in [2.45, 2.75) is 38.5 Å². The molecule has 132 valence electrons. The van der Waals surface area contributed by atoms with Gasteiger partial charge in [0.2, 0.25) is 0 Å². The molecular formula is C18H16F3NO2S. The second-order valence-corrected chi connectivity index (χ2v) is 7.38. The molecular weight excluding hydrogens is 351 g/mol. The Bertz CT molecular complexity index is 798. The van der Waals surface area contributed by atoms with E-state index in [0.717, 1.165) is 42.0 Å². The van der Waals surface area contributed by atoms with Crippen LogP contribution in [0.1, 0.15) is 32.1 Å². The van der Waals surface area contributed by atoms with Gasteiger partial charge in [-0.15, -0.1) is 24.9 Å². The van der Waals surface area contributed by atoms with E-state index in [1.165, 1.54) is 23.8 Å². The number of carbonyl (C=O) groups is 1. The Hall–Kier alpha value is -1.89. The van der Waals surface area contributed by atoms with Crippen molar-refractivity contribution in [2.24, 2.45) is 0 Å². The summed E-state index contributed by atoms with van der Waals surface area (Å²) in [5.74, 6) is 0.742. The van der Waals surface area contributed by atoms with Crippen molar-refractivity contribution < 1.29 is 22.7 Å². The maximum Gasteiger partial charge on any atom is 0.573 e. The monoisotopic (exact) mass is 367 g/mol. The molecule has 2 aliphatic heterocycles. The van der Waals surface area contributed by atoms with Gasteiger partial charge in [0.1, 0.15) is 5.75 Å². The van der Waals surface area contributed by atoms with Crippen LogP contribution >= 0.6 is 11.8 Å². The number of ether oxygens (including phenoxy) is 1. The predicted octanol–water partition coefficient (Wildman–Crippen LogP) is 5.15.